The second kappa shape index (κ2) is 10.1. The maximum absolute atomic E-state index is 13.1. The highest BCUT2D eigenvalue weighted by molar-refractivity contribution is 8.14. The standard InChI is InChI=1S/C19H18FN5O2S/c1-22-18(27)17(19(28-2)25-13-5-3-12(20)4-6-13)16(26)11-24-15-8-7-14(9-21)23-10-15/h3-8,10,24,26H,11H2,1-2H3,(H,22,27). The number of hydrogen-bond acceptors (Lipinski definition) is 7. The summed E-state index contributed by atoms with van der Waals surface area (Å²) in [4.78, 5) is 20.6. The number of anilines is 1. The normalized spacial score (nSPS) is 12.0. The van der Waals surface area contributed by atoms with Gasteiger partial charge in [0.15, 0.2) is 0 Å². The first-order valence-corrected chi connectivity index (χ1v) is 9.33. The van der Waals surface area contributed by atoms with E-state index in [1.165, 1.54) is 55.3 Å². The van der Waals surface area contributed by atoms with E-state index in [0.29, 0.717) is 11.4 Å². The van der Waals surface area contributed by atoms with Crippen molar-refractivity contribution < 1.29 is 14.3 Å². The van der Waals surface area contributed by atoms with E-state index in [9.17, 15) is 14.3 Å². The van der Waals surface area contributed by atoms with Gasteiger partial charge in [0, 0.05) is 7.05 Å². The molecule has 28 heavy (non-hydrogen) atoms. The highest BCUT2D eigenvalue weighted by atomic mass is 32.2. The summed E-state index contributed by atoms with van der Waals surface area (Å²) in [6, 6.07) is 10.6. The molecule has 0 unspecified atom stereocenters. The van der Waals surface area contributed by atoms with Crippen molar-refractivity contribution >= 4 is 34.1 Å². The van der Waals surface area contributed by atoms with Gasteiger partial charge in [-0.1, -0.05) is 0 Å². The maximum Gasteiger partial charge on any atom is 0.257 e. The summed E-state index contributed by atoms with van der Waals surface area (Å²) in [6.07, 6.45) is 3.17. The molecule has 1 aromatic heterocycles. The van der Waals surface area contributed by atoms with Crippen molar-refractivity contribution in [2.75, 3.05) is 25.2 Å². The molecule has 0 bridgehead atoms. The lowest BCUT2D eigenvalue weighted by Gasteiger charge is -2.12. The first-order chi connectivity index (χ1) is 13.5. The fourth-order valence-corrected chi connectivity index (χ4v) is 2.76. The van der Waals surface area contributed by atoms with Crippen LogP contribution in [0.1, 0.15) is 5.69 Å². The lowest BCUT2D eigenvalue weighted by molar-refractivity contribution is -0.116. The summed E-state index contributed by atoms with van der Waals surface area (Å²) in [7, 11) is 1.45. The van der Waals surface area contributed by atoms with E-state index in [2.05, 4.69) is 20.6 Å². The number of thioether (sulfide) groups is 1. The van der Waals surface area contributed by atoms with Gasteiger partial charge in [0.1, 0.15) is 34.0 Å². The summed E-state index contributed by atoms with van der Waals surface area (Å²) in [5.74, 6) is -1.12. The molecule has 0 aliphatic rings. The second-order valence-corrected chi connectivity index (χ2v) is 6.19. The molecule has 0 saturated heterocycles. The minimum Gasteiger partial charge on any atom is -0.509 e. The molecule has 144 valence electrons. The summed E-state index contributed by atoms with van der Waals surface area (Å²) in [5, 5.41) is 25.0. The number of benzene rings is 1. The zero-order chi connectivity index (χ0) is 20.5. The van der Waals surface area contributed by atoms with Gasteiger partial charge in [0.2, 0.25) is 0 Å². The van der Waals surface area contributed by atoms with E-state index >= 15 is 0 Å². The van der Waals surface area contributed by atoms with Crippen LogP contribution in [0, 0.1) is 17.1 Å². The SMILES string of the molecule is CNC(=O)C(C(=Nc1ccc(F)cc1)SC)=C(O)CNc1ccc(C#N)nc1. The van der Waals surface area contributed by atoms with Gasteiger partial charge >= 0.3 is 0 Å². The number of nitrogens with one attached hydrogen (secondary N) is 2. The molecule has 1 heterocycles. The minimum atomic E-state index is -0.507. The number of carbonyl (C=O) groups excluding carboxylic acids is 1. The molecule has 0 atom stereocenters. The fourth-order valence-electron chi connectivity index (χ4n) is 2.15. The molecule has 0 aliphatic heterocycles. The Morgan fingerprint density at radius 3 is 2.57 bits per heavy atom. The highest BCUT2D eigenvalue weighted by Gasteiger charge is 2.20. The topological polar surface area (TPSA) is 110 Å². The Bertz CT molecular complexity index is 934. The van der Waals surface area contributed by atoms with E-state index < -0.39 is 11.7 Å². The van der Waals surface area contributed by atoms with Crippen molar-refractivity contribution in [2.45, 2.75) is 0 Å². The van der Waals surface area contributed by atoms with Gasteiger partial charge in [0.25, 0.3) is 5.91 Å². The van der Waals surface area contributed by atoms with Crippen LogP contribution < -0.4 is 10.6 Å². The molecule has 1 aromatic carbocycles. The number of halogens is 1. The van der Waals surface area contributed by atoms with E-state index in [0.717, 1.165) is 0 Å². The number of pyridine rings is 1. The summed E-state index contributed by atoms with van der Waals surface area (Å²) >= 11 is 1.18. The molecule has 7 nitrogen and oxygen atoms in total. The number of aliphatic hydroxyl groups is 1. The number of nitrogens with zero attached hydrogens (tertiary/aromatic N) is 3. The third kappa shape index (κ3) is 5.56. The molecule has 0 fully saturated rings. The maximum atomic E-state index is 13.1. The van der Waals surface area contributed by atoms with Crippen LogP contribution in [0.15, 0.2) is 58.9 Å². The monoisotopic (exact) mass is 399 g/mol. The van der Waals surface area contributed by atoms with Crippen molar-refractivity contribution in [2.24, 2.45) is 4.99 Å². The summed E-state index contributed by atoms with van der Waals surface area (Å²) in [5.41, 5.74) is 1.30. The van der Waals surface area contributed by atoms with E-state index in [1.54, 1.807) is 12.3 Å². The van der Waals surface area contributed by atoms with Gasteiger partial charge in [-0.25, -0.2) is 14.4 Å². The number of likely N-dealkylation sites (N-methyl/N-ethyl adjacent to an activating group) is 1. The van der Waals surface area contributed by atoms with E-state index in [4.69, 9.17) is 5.26 Å². The molecule has 0 aliphatic carbocycles. The van der Waals surface area contributed by atoms with Crippen LogP contribution in [0.25, 0.3) is 0 Å². The largest absolute Gasteiger partial charge is 0.509 e. The smallest absolute Gasteiger partial charge is 0.257 e. The van der Waals surface area contributed by atoms with Gasteiger partial charge in [-0.15, -0.1) is 11.8 Å². The van der Waals surface area contributed by atoms with Crippen molar-refractivity contribution in [3.05, 3.63) is 65.4 Å². The molecule has 2 aromatic rings. The number of carbonyl (C=O) groups is 1. The Hall–Kier alpha value is -3.38. The quantitative estimate of drug-likeness (QED) is 0.298. The molecule has 1 amide bonds. The molecule has 0 spiro atoms. The lowest BCUT2D eigenvalue weighted by Crippen LogP contribution is -2.27. The molecule has 3 N–H and O–H groups in total. The van der Waals surface area contributed by atoms with Crippen LogP contribution in [-0.2, 0) is 4.79 Å². The lowest BCUT2D eigenvalue weighted by atomic mass is 10.2. The van der Waals surface area contributed by atoms with Crippen LogP contribution in [0.3, 0.4) is 0 Å². The first kappa shape index (κ1) is 20.9. The van der Waals surface area contributed by atoms with Gasteiger partial charge in [-0.2, -0.15) is 5.26 Å². The molecule has 9 heteroatoms. The van der Waals surface area contributed by atoms with Gasteiger partial charge < -0.3 is 15.7 Å². The average molecular weight is 399 g/mol. The molecular formula is C19H18FN5O2S. The van der Waals surface area contributed by atoms with Crippen molar-refractivity contribution in [1.29, 1.82) is 5.26 Å². The predicted octanol–water partition coefficient (Wildman–Crippen LogP) is 3.16. The Morgan fingerprint density at radius 2 is 2.04 bits per heavy atom. The molecule has 2 rings (SSSR count). The van der Waals surface area contributed by atoms with E-state index in [1.807, 2.05) is 6.07 Å². The zero-order valence-corrected chi connectivity index (χ0v) is 16.0. The van der Waals surface area contributed by atoms with Gasteiger partial charge in [0.05, 0.1) is 24.1 Å². The van der Waals surface area contributed by atoms with Crippen molar-refractivity contribution in [3.8, 4) is 6.07 Å². The number of aliphatic hydroxyl groups excluding tert-OH is 1. The first-order valence-electron chi connectivity index (χ1n) is 8.11. The van der Waals surface area contributed by atoms with Crippen LogP contribution in [0.2, 0.25) is 0 Å². The Balaban J connectivity index is 2.31. The predicted molar refractivity (Wildman–Crippen MR) is 108 cm³/mol. The second-order valence-electron chi connectivity index (χ2n) is 5.40. The Kier molecular flexibility index (Phi) is 7.54. The number of rotatable bonds is 6. The summed E-state index contributed by atoms with van der Waals surface area (Å²) < 4.78 is 13.1. The third-order valence-electron chi connectivity index (χ3n) is 3.55. The van der Waals surface area contributed by atoms with Crippen molar-refractivity contribution in [1.82, 2.24) is 10.3 Å². The highest BCUT2D eigenvalue weighted by Crippen LogP contribution is 2.21. The minimum absolute atomic E-state index is 0.00780. The van der Waals surface area contributed by atoms with Gasteiger partial charge in [-0.05, 0) is 42.7 Å². The van der Waals surface area contributed by atoms with Gasteiger partial charge in [-0.3, -0.25) is 4.79 Å². The average Bonchev–Trinajstić information content (AvgIpc) is 2.73. The number of amides is 1. The third-order valence-corrected chi connectivity index (χ3v) is 4.23. The molecule has 0 saturated carbocycles. The molecule has 0 radical (unpaired) electrons. The van der Waals surface area contributed by atoms with Crippen LogP contribution in [0.4, 0.5) is 15.8 Å². The Morgan fingerprint density at radius 1 is 1.32 bits per heavy atom. The number of nitriles is 1. The van der Waals surface area contributed by atoms with E-state index in [-0.39, 0.29) is 28.6 Å². The zero-order valence-electron chi connectivity index (χ0n) is 15.2. The number of hydrogen-bond donors (Lipinski definition) is 3. The molecular weight excluding hydrogens is 381 g/mol. The number of aliphatic imine (C=N–C) groups is 1. The summed E-state index contributed by atoms with van der Waals surface area (Å²) in [6.45, 7) is -0.0562. The van der Waals surface area contributed by atoms with Crippen LogP contribution in [0.5, 0.6) is 0 Å². The Labute approximate surface area is 166 Å². The fraction of sp³-hybridized carbons (Fsp3) is 0.158. The number of aromatic nitrogens is 1. The van der Waals surface area contributed by atoms with Crippen LogP contribution >= 0.6 is 11.8 Å². The van der Waals surface area contributed by atoms with Crippen LogP contribution in [-0.4, -0.2) is 40.9 Å². The van der Waals surface area contributed by atoms with Crippen molar-refractivity contribution in [3.63, 3.8) is 0 Å².